The monoisotopic (exact) mass is 336 g/mol. The molecule has 1 aromatic rings. The second kappa shape index (κ2) is 8.33. The first kappa shape index (κ1) is 19.9. The van der Waals surface area contributed by atoms with Gasteiger partial charge in [0.05, 0.1) is 17.6 Å². The van der Waals surface area contributed by atoms with E-state index in [4.69, 9.17) is 0 Å². The standard InChI is InChI=1S/C13H20N2O4S.ClH/c1-9-7-11(5-6-12(9)13(16)19-4)20(17,18)15-8-10(2)14-3;/h5-7,10,14-15H,8H2,1-4H3;1H. The largest absolute Gasteiger partial charge is 0.465 e. The minimum Gasteiger partial charge on any atom is -0.465 e. The average molecular weight is 337 g/mol. The highest BCUT2D eigenvalue weighted by atomic mass is 35.5. The molecular formula is C13H21ClN2O4S. The summed E-state index contributed by atoms with van der Waals surface area (Å²) in [6.45, 7) is 3.83. The number of esters is 1. The Morgan fingerprint density at radius 1 is 1.38 bits per heavy atom. The molecule has 2 N–H and O–H groups in total. The number of sulfonamides is 1. The molecule has 0 aromatic heterocycles. The van der Waals surface area contributed by atoms with Gasteiger partial charge in [0, 0.05) is 12.6 Å². The Morgan fingerprint density at radius 3 is 2.48 bits per heavy atom. The molecule has 0 heterocycles. The van der Waals surface area contributed by atoms with E-state index in [0.29, 0.717) is 11.1 Å². The van der Waals surface area contributed by atoms with Gasteiger partial charge in [0.1, 0.15) is 0 Å². The summed E-state index contributed by atoms with van der Waals surface area (Å²) in [6.07, 6.45) is 0. The summed E-state index contributed by atoms with van der Waals surface area (Å²) in [4.78, 5) is 11.6. The smallest absolute Gasteiger partial charge is 0.338 e. The van der Waals surface area contributed by atoms with Gasteiger partial charge in [-0.15, -0.1) is 12.4 Å². The maximum Gasteiger partial charge on any atom is 0.338 e. The highest BCUT2D eigenvalue weighted by molar-refractivity contribution is 7.89. The van der Waals surface area contributed by atoms with E-state index in [0.717, 1.165) is 0 Å². The summed E-state index contributed by atoms with van der Waals surface area (Å²) in [6, 6.07) is 4.34. The molecule has 1 unspecified atom stereocenters. The summed E-state index contributed by atoms with van der Waals surface area (Å²) < 4.78 is 31.3. The molecule has 120 valence electrons. The molecule has 1 atom stereocenters. The summed E-state index contributed by atoms with van der Waals surface area (Å²) in [5.74, 6) is -0.483. The molecule has 0 amide bonds. The van der Waals surface area contributed by atoms with E-state index < -0.39 is 16.0 Å². The van der Waals surface area contributed by atoms with E-state index in [2.05, 4.69) is 14.8 Å². The van der Waals surface area contributed by atoms with Gasteiger partial charge in [-0.3, -0.25) is 0 Å². The van der Waals surface area contributed by atoms with Crippen molar-refractivity contribution in [2.75, 3.05) is 20.7 Å². The SMILES string of the molecule is CNC(C)CNS(=O)(=O)c1ccc(C(=O)OC)c(C)c1.Cl. The van der Waals surface area contributed by atoms with Crippen LogP contribution in [0.5, 0.6) is 0 Å². The Balaban J connectivity index is 0.00000400. The first-order chi connectivity index (χ1) is 9.31. The van der Waals surface area contributed by atoms with Crippen molar-refractivity contribution in [1.29, 1.82) is 0 Å². The van der Waals surface area contributed by atoms with Gasteiger partial charge < -0.3 is 10.1 Å². The van der Waals surface area contributed by atoms with Crippen molar-refractivity contribution in [2.45, 2.75) is 24.8 Å². The second-order valence-corrected chi connectivity index (χ2v) is 6.28. The zero-order chi connectivity index (χ0) is 15.3. The summed E-state index contributed by atoms with van der Waals surface area (Å²) in [7, 11) is -0.536. The van der Waals surface area contributed by atoms with Crippen LogP contribution < -0.4 is 10.0 Å². The van der Waals surface area contributed by atoms with E-state index in [9.17, 15) is 13.2 Å². The first-order valence-electron chi connectivity index (χ1n) is 6.17. The Labute approximate surface area is 131 Å². The number of likely N-dealkylation sites (N-methyl/N-ethyl adjacent to an activating group) is 1. The lowest BCUT2D eigenvalue weighted by atomic mass is 10.1. The number of carbonyl (C=O) groups excluding carboxylic acids is 1. The molecule has 8 heteroatoms. The van der Waals surface area contributed by atoms with Crippen molar-refractivity contribution in [3.63, 3.8) is 0 Å². The van der Waals surface area contributed by atoms with Crippen molar-refractivity contribution < 1.29 is 17.9 Å². The first-order valence-corrected chi connectivity index (χ1v) is 7.66. The minimum absolute atomic E-state index is 0. The lowest BCUT2D eigenvalue weighted by Gasteiger charge is -2.13. The number of halogens is 1. The second-order valence-electron chi connectivity index (χ2n) is 4.51. The fraction of sp³-hybridized carbons (Fsp3) is 0.462. The molecule has 0 bridgehead atoms. The Morgan fingerprint density at radius 2 is 2.00 bits per heavy atom. The van der Waals surface area contributed by atoms with Crippen molar-refractivity contribution in [3.05, 3.63) is 29.3 Å². The minimum atomic E-state index is -3.58. The fourth-order valence-corrected chi connectivity index (χ4v) is 2.78. The zero-order valence-electron chi connectivity index (χ0n) is 12.5. The quantitative estimate of drug-likeness (QED) is 0.760. The molecule has 1 aromatic carbocycles. The number of rotatable bonds is 6. The summed E-state index contributed by atoms with van der Waals surface area (Å²) in [5.41, 5.74) is 0.913. The van der Waals surface area contributed by atoms with Gasteiger partial charge in [-0.2, -0.15) is 0 Å². The lowest BCUT2D eigenvalue weighted by molar-refractivity contribution is 0.0600. The predicted octanol–water partition coefficient (Wildman–Crippen LogP) is 1.09. The highest BCUT2D eigenvalue weighted by Gasteiger charge is 2.17. The number of methoxy groups -OCH3 is 1. The van der Waals surface area contributed by atoms with Crippen LogP contribution >= 0.6 is 12.4 Å². The maximum absolute atomic E-state index is 12.1. The number of carbonyl (C=O) groups is 1. The van der Waals surface area contributed by atoms with Gasteiger partial charge in [0.25, 0.3) is 0 Å². The van der Waals surface area contributed by atoms with Crippen LogP contribution in [-0.2, 0) is 14.8 Å². The molecule has 0 radical (unpaired) electrons. The van der Waals surface area contributed by atoms with E-state index in [1.165, 1.54) is 25.3 Å². The normalized spacial score (nSPS) is 12.4. The van der Waals surface area contributed by atoms with Gasteiger partial charge in [-0.05, 0) is 44.7 Å². The fourth-order valence-electron chi connectivity index (χ4n) is 1.56. The number of nitrogens with one attached hydrogen (secondary N) is 2. The van der Waals surface area contributed by atoms with E-state index >= 15 is 0 Å². The van der Waals surface area contributed by atoms with Crippen LogP contribution in [0, 0.1) is 6.92 Å². The topological polar surface area (TPSA) is 84.5 Å². The summed E-state index contributed by atoms with van der Waals surface area (Å²) in [5, 5.41) is 2.94. The molecule has 0 aliphatic heterocycles. The highest BCUT2D eigenvalue weighted by Crippen LogP contribution is 2.16. The zero-order valence-corrected chi connectivity index (χ0v) is 14.1. The number of benzene rings is 1. The van der Waals surface area contributed by atoms with Gasteiger partial charge in [0.15, 0.2) is 0 Å². The molecule has 21 heavy (non-hydrogen) atoms. The molecule has 0 aliphatic rings. The maximum atomic E-state index is 12.1. The van der Waals surface area contributed by atoms with Crippen molar-refractivity contribution in [3.8, 4) is 0 Å². The Hall–Kier alpha value is -1.15. The average Bonchev–Trinajstić information content (AvgIpc) is 2.43. The van der Waals surface area contributed by atoms with E-state index in [-0.39, 0.29) is 29.9 Å². The molecular weight excluding hydrogens is 316 g/mol. The third-order valence-corrected chi connectivity index (χ3v) is 4.41. The molecule has 0 aliphatic carbocycles. The lowest BCUT2D eigenvalue weighted by Crippen LogP contribution is -2.37. The van der Waals surface area contributed by atoms with Crippen molar-refractivity contribution in [1.82, 2.24) is 10.0 Å². The van der Waals surface area contributed by atoms with Crippen LogP contribution in [0.4, 0.5) is 0 Å². The van der Waals surface area contributed by atoms with E-state index in [1.807, 2.05) is 6.92 Å². The van der Waals surface area contributed by atoms with Gasteiger partial charge >= 0.3 is 5.97 Å². The number of hydrogen-bond acceptors (Lipinski definition) is 5. The molecule has 6 nitrogen and oxygen atoms in total. The van der Waals surface area contributed by atoms with Crippen LogP contribution in [0.3, 0.4) is 0 Å². The molecule has 0 saturated heterocycles. The Kier molecular flexibility index (Phi) is 7.87. The molecule has 0 fully saturated rings. The number of ether oxygens (including phenoxy) is 1. The summed E-state index contributed by atoms with van der Waals surface area (Å²) >= 11 is 0. The van der Waals surface area contributed by atoms with Crippen LogP contribution in [0.2, 0.25) is 0 Å². The number of hydrogen-bond donors (Lipinski definition) is 2. The van der Waals surface area contributed by atoms with Crippen LogP contribution in [0.15, 0.2) is 23.1 Å². The van der Waals surface area contributed by atoms with Gasteiger partial charge in [-0.1, -0.05) is 0 Å². The van der Waals surface area contributed by atoms with Crippen LogP contribution in [0.1, 0.15) is 22.8 Å². The molecule has 0 saturated carbocycles. The van der Waals surface area contributed by atoms with Crippen LogP contribution in [-0.4, -0.2) is 41.1 Å². The molecule has 0 spiro atoms. The molecule has 1 rings (SSSR count). The third kappa shape index (κ3) is 5.28. The van der Waals surface area contributed by atoms with Crippen molar-refractivity contribution >= 4 is 28.4 Å². The van der Waals surface area contributed by atoms with Crippen molar-refractivity contribution in [2.24, 2.45) is 0 Å². The Bertz CT molecular complexity index is 590. The predicted molar refractivity (Wildman–Crippen MR) is 83.5 cm³/mol. The van der Waals surface area contributed by atoms with Crippen LogP contribution in [0.25, 0.3) is 0 Å². The van der Waals surface area contributed by atoms with Gasteiger partial charge in [0.2, 0.25) is 10.0 Å². The third-order valence-electron chi connectivity index (χ3n) is 2.99. The van der Waals surface area contributed by atoms with Gasteiger partial charge in [-0.25, -0.2) is 17.9 Å². The number of aryl methyl sites for hydroxylation is 1. The van der Waals surface area contributed by atoms with E-state index in [1.54, 1.807) is 14.0 Å².